The highest BCUT2D eigenvalue weighted by Crippen LogP contribution is 2.25. The first-order chi connectivity index (χ1) is 12.6. The van der Waals surface area contributed by atoms with Crippen LogP contribution >= 0.6 is 11.6 Å². The van der Waals surface area contributed by atoms with Crippen LogP contribution in [0.1, 0.15) is 34.0 Å². The van der Waals surface area contributed by atoms with E-state index >= 15 is 0 Å². The number of nitro benzene ring substituents is 1. The van der Waals surface area contributed by atoms with E-state index in [1.54, 1.807) is 0 Å². The predicted octanol–water partition coefficient (Wildman–Crippen LogP) is 4.36. The second-order valence-electron chi connectivity index (χ2n) is 6.23. The lowest BCUT2D eigenvalue weighted by Crippen LogP contribution is -2.30. The molecular weight excluding hydrogens is 372 g/mol. The fraction of sp³-hybridized carbons (Fsp3) is 0.263. The summed E-state index contributed by atoms with van der Waals surface area (Å²) < 4.78 is 5.11. The number of benzene rings is 2. The van der Waals surface area contributed by atoms with E-state index in [0.717, 1.165) is 28.8 Å². The van der Waals surface area contributed by atoms with E-state index in [9.17, 15) is 19.7 Å². The minimum atomic E-state index is -1.16. The maximum absolute atomic E-state index is 12.4. The molecule has 0 unspecified atom stereocenters. The average molecular weight is 391 g/mol. The highest BCUT2D eigenvalue weighted by atomic mass is 35.5. The summed E-state index contributed by atoms with van der Waals surface area (Å²) in [5.74, 6) is -1.53. The maximum Gasteiger partial charge on any atom is 0.345 e. The fourth-order valence-electron chi connectivity index (χ4n) is 2.71. The first-order valence-corrected chi connectivity index (χ1v) is 8.51. The van der Waals surface area contributed by atoms with Crippen LogP contribution in [-0.4, -0.2) is 22.9 Å². The van der Waals surface area contributed by atoms with Crippen molar-refractivity contribution >= 4 is 34.9 Å². The molecule has 0 aromatic heterocycles. The molecule has 0 heterocycles. The largest absolute Gasteiger partial charge is 0.449 e. The molecule has 0 radical (unpaired) electrons. The normalized spacial score (nSPS) is 11.6. The number of aryl methyl sites for hydroxylation is 3. The Balaban J connectivity index is 2.17. The van der Waals surface area contributed by atoms with Crippen molar-refractivity contribution in [3.05, 3.63) is 67.7 Å². The van der Waals surface area contributed by atoms with Gasteiger partial charge < -0.3 is 10.1 Å². The van der Waals surface area contributed by atoms with Crippen LogP contribution < -0.4 is 5.32 Å². The van der Waals surface area contributed by atoms with Crippen LogP contribution in [-0.2, 0) is 9.53 Å². The van der Waals surface area contributed by atoms with Crippen LogP contribution in [0.2, 0.25) is 5.02 Å². The van der Waals surface area contributed by atoms with E-state index in [1.807, 2.05) is 32.9 Å². The lowest BCUT2D eigenvalue weighted by atomic mass is 10.0. The number of amides is 1. The van der Waals surface area contributed by atoms with Gasteiger partial charge in [-0.25, -0.2) is 4.79 Å². The number of hydrogen-bond donors (Lipinski definition) is 1. The molecule has 1 atom stereocenters. The summed E-state index contributed by atoms with van der Waals surface area (Å²) in [6, 6.07) is 7.41. The molecule has 7 nitrogen and oxygen atoms in total. The molecule has 0 saturated heterocycles. The van der Waals surface area contributed by atoms with Crippen molar-refractivity contribution in [3.8, 4) is 0 Å². The lowest BCUT2D eigenvalue weighted by molar-refractivity contribution is -0.385. The number of hydrogen-bond acceptors (Lipinski definition) is 5. The van der Waals surface area contributed by atoms with Gasteiger partial charge in [0.25, 0.3) is 11.6 Å². The summed E-state index contributed by atoms with van der Waals surface area (Å²) in [7, 11) is 0. The van der Waals surface area contributed by atoms with Crippen molar-refractivity contribution in [2.45, 2.75) is 33.8 Å². The van der Waals surface area contributed by atoms with Crippen molar-refractivity contribution < 1.29 is 19.2 Å². The van der Waals surface area contributed by atoms with E-state index in [1.165, 1.54) is 13.0 Å². The molecule has 0 aliphatic heterocycles. The highest BCUT2D eigenvalue weighted by Gasteiger charge is 2.26. The quantitative estimate of drug-likeness (QED) is 0.464. The minimum absolute atomic E-state index is 0.149. The number of carbonyl (C=O) groups excluding carboxylic acids is 2. The number of ether oxygens (including phenoxy) is 1. The van der Waals surface area contributed by atoms with Gasteiger partial charge in [0.1, 0.15) is 5.56 Å². The molecule has 8 heteroatoms. The van der Waals surface area contributed by atoms with Gasteiger partial charge in [0.15, 0.2) is 6.10 Å². The Morgan fingerprint density at radius 3 is 2.30 bits per heavy atom. The Morgan fingerprint density at radius 1 is 1.15 bits per heavy atom. The van der Waals surface area contributed by atoms with Crippen molar-refractivity contribution in [2.24, 2.45) is 0 Å². The van der Waals surface area contributed by atoms with Crippen LogP contribution in [0.5, 0.6) is 0 Å². The van der Waals surface area contributed by atoms with E-state index in [4.69, 9.17) is 16.3 Å². The van der Waals surface area contributed by atoms with Crippen LogP contribution in [0.4, 0.5) is 11.4 Å². The van der Waals surface area contributed by atoms with E-state index in [0.29, 0.717) is 5.69 Å². The molecule has 1 amide bonds. The van der Waals surface area contributed by atoms with Gasteiger partial charge in [-0.15, -0.1) is 0 Å². The van der Waals surface area contributed by atoms with Crippen molar-refractivity contribution in [1.82, 2.24) is 0 Å². The molecule has 27 heavy (non-hydrogen) atoms. The molecular formula is C19H19ClN2O5. The van der Waals surface area contributed by atoms with Crippen molar-refractivity contribution in [2.75, 3.05) is 5.32 Å². The molecule has 2 aromatic rings. The molecule has 142 valence electrons. The molecule has 1 N–H and O–H groups in total. The van der Waals surface area contributed by atoms with Gasteiger partial charge in [-0.1, -0.05) is 29.3 Å². The molecule has 0 aliphatic rings. The Hall–Kier alpha value is -2.93. The zero-order chi connectivity index (χ0) is 20.3. The molecule has 0 aliphatic carbocycles. The number of nitrogens with zero attached hydrogens (tertiary/aromatic N) is 1. The SMILES string of the molecule is Cc1cc(C)c(NC(=O)[C@@H](C)OC(=O)c2cc(Cl)ccc2[N+](=O)[O-])c(C)c1. The smallest absolute Gasteiger partial charge is 0.345 e. The number of rotatable bonds is 5. The van der Waals surface area contributed by atoms with Crippen molar-refractivity contribution in [3.63, 3.8) is 0 Å². The van der Waals surface area contributed by atoms with Crippen LogP contribution in [0.15, 0.2) is 30.3 Å². The summed E-state index contributed by atoms with van der Waals surface area (Å²) in [5, 5.41) is 14.0. The number of anilines is 1. The van der Waals surface area contributed by atoms with E-state index < -0.39 is 28.6 Å². The minimum Gasteiger partial charge on any atom is -0.449 e. The van der Waals surface area contributed by atoms with Gasteiger partial charge in [0, 0.05) is 16.8 Å². The number of halogens is 1. The lowest BCUT2D eigenvalue weighted by Gasteiger charge is -2.17. The summed E-state index contributed by atoms with van der Waals surface area (Å²) in [4.78, 5) is 35.1. The third kappa shape index (κ3) is 4.83. The average Bonchev–Trinajstić information content (AvgIpc) is 2.57. The second kappa shape index (κ2) is 8.18. The predicted molar refractivity (Wildman–Crippen MR) is 102 cm³/mol. The summed E-state index contributed by atoms with van der Waals surface area (Å²) in [6.45, 7) is 7.07. The van der Waals surface area contributed by atoms with Gasteiger partial charge in [-0.05, 0) is 51.0 Å². The molecule has 0 spiro atoms. The Labute approximate surface area is 161 Å². The third-order valence-corrected chi connectivity index (χ3v) is 4.19. The molecule has 0 bridgehead atoms. The molecule has 0 saturated carbocycles. The first-order valence-electron chi connectivity index (χ1n) is 8.13. The standard InChI is InChI=1S/C19H19ClN2O5/c1-10-7-11(2)17(12(3)8-10)21-18(23)13(4)27-19(24)15-9-14(20)5-6-16(15)22(25)26/h5-9,13H,1-4H3,(H,21,23)/t13-/m1/s1. The van der Waals surface area contributed by atoms with Gasteiger partial charge in [0.2, 0.25) is 0 Å². The number of carbonyl (C=O) groups is 2. The Morgan fingerprint density at radius 2 is 1.74 bits per heavy atom. The summed E-state index contributed by atoms with van der Waals surface area (Å²) in [6.07, 6.45) is -1.16. The second-order valence-corrected chi connectivity index (χ2v) is 6.67. The number of nitro groups is 1. The zero-order valence-corrected chi connectivity index (χ0v) is 16.1. The van der Waals surface area contributed by atoms with E-state index in [2.05, 4.69) is 5.32 Å². The molecule has 2 aromatic carbocycles. The Kier molecular flexibility index (Phi) is 6.17. The van der Waals surface area contributed by atoms with Gasteiger partial charge >= 0.3 is 5.97 Å². The third-order valence-electron chi connectivity index (χ3n) is 3.95. The van der Waals surface area contributed by atoms with Crippen LogP contribution in [0.3, 0.4) is 0 Å². The summed E-state index contributed by atoms with van der Waals surface area (Å²) in [5.41, 5.74) is 2.71. The number of nitrogens with one attached hydrogen (secondary N) is 1. The van der Waals surface area contributed by atoms with Crippen LogP contribution in [0.25, 0.3) is 0 Å². The topological polar surface area (TPSA) is 98.5 Å². The monoisotopic (exact) mass is 390 g/mol. The number of esters is 1. The zero-order valence-electron chi connectivity index (χ0n) is 15.3. The molecule has 0 fully saturated rings. The van der Waals surface area contributed by atoms with Crippen molar-refractivity contribution in [1.29, 1.82) is 0 Å². The Bertz CT molecular complexity index is 903. The fourth-order valence-corrected chi connectivity index (χ4v) is 2.88. The van der Waals surface area contributed by atoms with E-state index in [-0.39, 0.29) is 10.6 Å². The molecule has 2 rings (SSSR count). The maximum atomic E-state index is 12.4. The van der Waals surface area contributed by atoms with Gasteiger partial charge in [-0.2, -0.15) is 0 Å². The van der Waals surface area contributed by atoms with Gasteiger partial charge in [0.05, 0.1) is 4.92 Å². The van der Waals surface area contributed by atoms with Gasteiger partial charge in [-0.3, -0.25) is 14.9 Å². The highest BCUT2D eigenvalue weighted by molar-refractivity contribution is 6.31. The van der Waals surface area contributed by atoms with Crippen LogP contribution in [0, 0.1) is 30.9 Å². The first kappa shape index (κ1) is 20.4. The summed E-state index contributed by atoms with van der Waals surface area (Å²) >= 11 is 5.81.